The van der Waals surface area contributed by atoms with Crippen LogP contribution in [-0.2, 0) is 4.74 Å². The van der Waals surface area contributed by atoms with Gasteiger partial charge in [0, 0.05) is 18.1 Å². The summed E-state index contributed by atoms with van der Waals surface area (Å²) < 4.78 is 5.55. The quantitative estimate of drug-likeness (QED) is 0.741. The van der Waals surface area contributed by atoms with Gasteiger partial charge in [0.25, 0.3) is 0 Å². The Morgan fingerprint density at radius 1 is 1.35 bits per heavy atom. The number of hydrogen-bond donors (Lipinski definition) is 1. The van der Waals surface area contributed by atoms with Crippen LogP contribution in [0.5, 0.6) is 0 Å². The molecule has 0 saturated carbocycles. The van der Waals surface area contributed by atoms with Crippen molar-refractivity contribution < 1.29 is 4.74 Å². The zero-order valence-corrected chi connectivity index (χ0v) is 12.1. The summed E-state index contributed by atoms with van der Waals surface area (Å²) in [5.41, 5.74) is 0.220. The summed E-state index contributed by atoms with van der Waals surface area (Å²) in [6, 6.07) is 0.698. The minimum atomic E-state index is 0.220. The molecule has 0 bridgehead atoms. The van der Waals surface area contributed by atoms with Gasteiger partial charge in [-0.2, -0.15) is 0 Å². The lowest BCUT2D eigenvalue weighted by Crippen LogP contribution is -2.53. The molecular weight excluding hydrogens is 212 g/mol. The number of hydrogen-bond acceptors (Lipinski definition) is 3. The van der Waals surface area contributed by atoms with Crippen LogP contribution in [0, 0.1) is 0 Å². The van der Waals surface area contributed by atoms with Gasteiger partial charge in [-0.25, -0.2) is 0 Å². The second-order valence-electron chi connectivity index (χ2n) is 5.66. The molecule has 1 aliphatic rings. The predicted octanol–water partition coefficient (Wildman–Crippen LogP) is 2.27. The number of morpholine rings is 1. The van der Waals surface area contributed by atoms with E-state index >= 15 is 0 Å². The fourth-order valence-corrected chi connectivity index (χ4v) is 2.57. The lowest BCUT2D eigenvalue weighted by Gasteiger charge is -2.42. The predicted molar refractivity (Wildman–Crippen MR) is 73.5 cm³/mol. The van der Waals surface area contributed by atoms with Crippen LogP contribution in [0.1, 0.15) is 47.0 Å². The van der Waals surface area contributed by atoms with Gasteiger partial charge in [0.1, 0.15) is 0 Å². The van der Waals surface area contributed by atoms with E-state index in [0.29, 0.717) is 6.04 Å². The zero-order valence-electron chi connectivity index (χ0n) is 12.1. The molecule has 1 aliphatic heterocycles. The minimum Gasteiger partial charge on any atom is -0.378 e. The van der Waals surface area contributed by atoms with E-state index in [4.69, 9.17) is 4.74 Å². The van der Waals surface area contributed by atoms with Crippen molar-refractivity contribution in [3.63, 3.8) is 0 Å². The van der Waals surface area contributed by atoms with Gasteiger partial charge >= 0.3 is 0 Å². The Morgan fingerprint density at radius 2 is 2.12 bits per heavy atom. The molecule has 0 aromatic rings. The molecule has 1 N–H and O–H groups in total. The van der Waals surface area contributed by atoms with Gasteiger partial charge in [-0.1, -0.05) is 13.8 Å². The average molecular weight is 242 g/mol. The van der Waals surface area contributed by atoms with Crippen molar-refractivity contribution in [2.24, 2.45) is 0 Å². The van der Waals surface area contributed by atoms with Gasteiger partial charge < -0.3 is 10.1 Å². The minimum absolute atomic E-state index is 0.220. The van der Waals surface area contributed by atoms with Crippen molar-refractivity contribution in [2.75, 3.05) is 32.8 Å². The van der Waals surface area contributed by atoms with Crippen LogP contribution in [0.4, 0.5) is 0 Å². The number of nitrogens with zero attached hydrogens (tertiary/aromatic N) is 1. The summed E-state index contributed by atoms with van der Waals surface area (Å²) in [6.07, 6.45) is 3.81. The number of nitrogens with one attached hydrogen (secondary N) is 1. The van der Waals surface area contributed by atoms with Crippen molar-refractivity contribution >= 4 is 0 Å². The van der Waals surface area contributed by atoms with E-state index in [1.165, 1.54) is 25.8 Å². The molecule has 0 aliphatic carbocycles. The van der Waals surface area contributed by atoms with Crippen molar-refractivity contribution in [1.82, 2.24) is 10.2 Å². The third kappa shape index (κ3) is 4.94. The highest BCUT2D eigenvalue weighted by atomic mass is 16.5. The van der Waals surface area contributed by atoms with Crippen molar-refractivity contribution in [3.05, 3.63) is 0 Å². The normalized spacial score (nSPS) is 22.6. The SMILES string of the molecule is CCNC(CC)CCCN1CCOCC1(C)C. The summed E-state index contributed by atoms with van der Waals surface area (Å²) in [7, 11) is 0. The van der Waals surface area contributed by atoms with E-state index in [0.717, 1.165) is 26.3 Å². The Balaban J connectivity index is 2.24. The monoisotopic (exact) mass is 242 g/mol. The van der Waals surface area contributed by atoms with Gasteiger partial charge in [-0.05, 0) is 46.2 Å². The van der Waals surface area contributed by atoms with E-state index in [1.807, 2.05) is 0 Å². The Hall–Kier alpha value is -0.120. The van der Waals surface area contributed by atoms with Gasteiger partial charge in [-0.3, -0.25) is 4.90 Å². The van der Waals surface area contributed by atoms with Crippen LogP contribution < -0.4 is 5.32 Å². The van der Waals surface area contributed by atoms with Gasteiger partial charge in [0.05, 0.1) is 13.2 Å². The summed E-state index contributed by atoms with van der Waals surface area (Å²) in [5.74, 6) is 0. The van der Waals surface area contributed by atoms with Crippen LogP contribution in [0.15, 0.2) is 0 Å². The first-order valence-electron chi connectivity index (χ1n) is 7.16. The molecule has 102 valence electrons. The molecule has 0 radical (unpaired) electrons. The molecule has 1 unspecified atom stereocenters. The van der Waals surface area contributed by atoms with Gasteiger partial charge in [0.15, 0.2) is 0 Å². The highest BCUT2D eigenvalue weighted by molar-refractivity contribution is 4.84. The standard InChI is InChI=1S/C14H30N2O/c1-5-13(15-6-2)8-7-9-16-10-11-17-12-14(16,3)4/h13,15H,5-12H2,1-4H3. The molecule has 1 saturated heterocycles. The molecule has 1 fully saturated rings. The molecule has 0 spiro atoms. The van der Waals surface area contributed by atoms with Crippen LogP contribution in [0.3, 0.4) is 0 Å². The van der Waals surface area contributed by atoms with E-state index < -0.39 is 0 Å². The largest absolute Gasteiger partial charge is 0.378 e. The summed E-state index contributed by atoms with van der Waals surface area (Å²) in [5, 5.41) is 3.55. The molecule has 1 atom stereocenters. The lowest BCUT2D eigenvalue weighted by atomic mass is 10.0. The summed E-state index contributed by atoms with van der Waals surface area (Å²) >= 11 is 0. The van der Waals surface area contributed by atoms with Crippen molar-refractivity contribution in [1.29, 1.82) is 0 Å². The molecular formula is C14H30N2O. The molecule has 3 heteroatoms. The maximum absolute atomic E-state index is 5.55. The molecule has 1 rings (SSSR count). The second kappa shape index (κ2) is 7.34. The third-order valence-corrected chi connectivity index (χ3v) is 3.78. The first-order valence-corrected chi connectivity index (χ1v) is 7.16. The number of ether oxygens (including phenoxy) is 1. The molecule has 17 heavy (non-hydrogen) atoms. The first-order chi connectivity index (χ1) is 8.10. The Kier molecular flexibility index (Phi) is 6.45. The Bertz CT molecular complexity index is 206. The number of rotatable bonds is 7. The highest BCUT2D eigenvalue weighted by Crippen LogP contribution is 2.19. The van der Waals surface area contributed by atoms with E-state index in [-0.39, 0.29) is 5.54 Å². The molecule has 0 aromatic heterocycles. The van der Waals surface area contributed by atoms with Crippen LogP contribution in [-0.4, -0.2) is 49.3 Å². The molecule has 0 aromatic carbocycles. The maximum Gasteiger partial charge on any atom is 0.0645 e. The summed E-state index contributed by atoms with van der Waals surface area (Å²) in [4.78, 5) is 2.58. The second-order valence-corrected chi connectivity index (χ2v) is 5.66. The Labute approximate surface area is 107 Å². The first kappa shape index (κ1) is 14.9. The maximum atomic E-state index is 5.55. The third-order valence-electron chi connectivity index (χ3n) is 3.78. The van der Waals surface area contributed by atoms with Gasteiger partial charge in [-0.15, -0.1) is 0 Å². The fraction of sp³-hybridized carbons (Fsp3) is 1.00. The van der Waals surface area contributed by atoms with E-state index in [1.54, 1.807) is 0 Å². The average Bonchev–Trinajstić information content (AvgIpc) is 2.29. The van der Waals surface area contributed by atoms with Crippen molar-refractivity contribution in [2.45, 2.75) is 58.5 Å². The Morgan fingerprint density at radius 3 is 2.71 bits per heavy atom. The topological polar surface area (TPSA) is 24.5 Å². The smallest absolute Gasteiger partial charge is 0.0645 e. The zero-order chi connectivity index (χ0) is 12.7. The van der Waals surface area contributed by atoms with Crippen LogP contribution in [0.25, 0.3) is 0 Å². The van der Waals surface area contributed by atoms with E-state index in [2.05, 4.69) is 37.9 Å². The summed E-state index contributed by atoms with van der Waals surface area (Å²) in [6.45, 7) is 14.2. The fourth-order valence-electron chi connectivity index (χ4n) is 2.57. The van der Waals surface area contributed by atoms with Crippen LogP contribution >= 0.6 is 0 Å². The highest BCUT2D eigenvalue weighted by Gasteiger charge is 2.29. The van der Waals surface area contributed by atoms with Crippen LogP contribution in [0.2, 0.25) is 0 Å². The molecule has 3 nitrogen and oxygen atoms in total. The van der Waals surface area contributed by atoms with E-state index in [9.17, 15) is 0 Å². The lowest BCUT2D eigenvalue weighted by molar-refractivity contribution is -0.0515. The van der Waals surface area contributed by atoms with Gasteiger partial charge in [0.2, 0.25) is 0 Å². The molecule has 0 amide bonds. The van der Waals surface area contributed by atoms with Crippen molar-refractivity contribution in [3.8, 4) is 0 Å². The molecule has 1 heterocycles.